The summed E-state index contributed by atoms with van der Waals surface area (Å²) in [7, 11) is 1.69. The molecule has 0 aliphatic heterocycles. The number of methoxy groups -OCH3 is 1. The van der Waals surface area contributed by atoms with Crippen LogP contribution in [0.1, 0.15) is 46.5 Å². The first kappa shape index (κ1) is 15.2. The molecule has 1 aromatic rings. The van der Waals surface area contributed by atoms with Gasteiger partial charge < -0.3 is 14.8 Å². The van der Waals surface area contributed by atoms with Gasteiger partial charge >= 0.3 is 0 Å². The molecule has 0 saturated heterocycles. The third-order valence-corrected chi connectivity index (χ3v) is 3.90. The van der Waals surface area contributed by atoms with Gasteiger partial charge in [-0.2, -0.15) is 0 Å². The highest BCUT2D eigenvalue weighted by atomic mass is 16.5. The molecular weight excluding hydrogens is 250 g/mol. The van der Waals surface area contributed by atoms with E-state index in [0.29, 0.717) is 0 Å². The smallest absolute Gasteiger partial charge is 0.161 e. The molecule has 0 atom stereocenters. The maximum Gasteiger partial charge on any atom is 0.161 e. The fraction of sp³-hybridized carbons (Fsp3) is 0.647. The lowest BCUT2D eigenvalue weighted by atomic mass is 9.77. The first-order chi connectivity index (χ1) is 9.44. The number of hydrogen-bond acceptors (Lipinski definition) is 3. The third-order valence-electron chi connectivity index (χ3n) is 3.90. The predicted octanol–water partition coefficient (Wildman–Crippen LogP) is 3.77. The highest BCUT2D eigenvalue weighted by molar-refractivity contribution is 5.40. The third kappa shape index (κ3) is 3.89. The molecule has 2 rings (SSSR count). The topological polar surface area (TPSA) is 30.5 Å². The minimum atomic E-state index is -0.00706. The summed E-state index contributed by atoms with van der Waals surface area (Å²) in [5.41, 5.74) is 0.155. The van der Waals surface area contributed by atoms with Gasteiger partial charge in [-0.3, -0.25) is 0 Å². The standard InChI is InChI=1S/C17H27NO2/c1-16(2,3)18-13-12-17(10-7-11-17)20-15-9-6-5-8-14(15)19-4/h5-6,8-9,18H,7,10-13H2,1-4H3. The van der Waals surface area contributed by atoms with Crippen molar-refractivity contribution < 1.29 is 9.47 Å². The molecule has 112 valence electrons. The van der Waals surface area contributed by atoms with Crippen molar-refractivity contribution in [1.82, 2.24) is 5.32 Å². The van der Waals surface area contributed by atoms with Gasteiger partial charge in [0.05, 0.1) is 7.11 Å². The molecule has 20 heavy (non-hydrogen) atoms. The van der Waals surface area contributed by atoms with E-state index >= 15 is 0 Å². The molecule has 0 heterocycles. The highest BCUT2D eigenvalue weighted by Crippen LogP contribution is 2.41. The first-order valence-corrected chi connectivity index (χ1v) is 7.51. The van der Waals surface area contributed by atoms with Gasteiger partial charge in [-0.15, -0.1) is 0 Å². The average Bonchev–Trinajstić information content (AvgIpc) is 2.34. The van der Waals surface area contributed by atoms with Gasteiger partial charge in [0, 0.05) is 5.54 Å². The van der Waals surface area contributed by atoms with Gasteiger partial charge in [-0.05, 0) is 65.1 Å². The van der Waals surface area contributed by atoms with E-state index in [-0.39, 0.29) is 11.1 Å². The molecule has 1 saturated carbocycles. The Morgan fingerprint density at radius 1 is 1.15 bits per heavy atom. The van der Waals surface area contributed by atoms with Crippen LogP contribution >= 0.6 is 0 Å². The Morgan fingerprint density at radius 3 is 2.30 bits per heavy atom. The van der Waals surface area contributed by atoms with Crippen molar-refractivity contribution in [3.8, 4) is 11.5 Å². The molecule has 0 unspecified atom stereocenters. The Kier molecular flexibility index (Phi) is 4.59. The Morgan fingerprint density at radius 2 is 1.80 bits per heavy atom. The maximum atomic E-state index is 6.31. The lowest BCUT2D eigenvalue weighted by Crippen LogP contribution is -2.47. The largest absolute Gasteiger partial charge is 0.493 e. The predicted molar refractivity (Wildman–Crippen MR) is 82.6 cm³/mol. The normalized spacial score (nSPS) is 17.4. The van der Waals surface area contributed by atoms with Crippen molar-refractivity contribution in [2.24, 2.45) is 0 Å². The molecule has 1 N–H and O–H groups in total. The highest BCUT2D eigenvalue weighted by Gasteiger charge is 2.39. The van der Waals surface area contributed by atoms with Gasteiger partial charge in [0.1, 0.15) is 5.60 Å². The average molecular weight is 277 g/mol. The van der Waals surface area contributed by atoms with Crippen LogP contribution in [0.2, 0.25) is 0 Å². The van der Waals surface area contributed by atoms with Crippen molar-refractivity contribution in [1.29, 1.82) is 0 Å². The van der Waals surface area contributed by atoms with Crippen LogP contribution in [0.3, 0.4) is 0 Å². The van der Waals surface area contributed by atoms with Crippen LogP contribution in [0.25, 0.3) is 0 Å². The molecule has 1 aliphatic rings. The summed E-state index contributed by atoms with van der Waals surface area (Å²) in [6.45, 7) is 7.57. The number of ether oxygens (including phenoxy) is 2. The second kappa shape index (κ2) is 6.04. The van der Waals surface area contributed by atoms with Gasteiger partial charge in [0.25, 0.3) is 0 Å². The zero-order chi connectivity index (χ0) is 14.6. The van der Waals surface area contributed by atoms with E-state index in [2.05, 4.69) is 26.1 Å². The second-order valence-corrected chi connectivity index (χ2v) is 6.72. The molecule has 0 amide bonds. The number of benzene rings is 1. The van der Waals surface area contributed by atoms with E-state index in [1.165, 1.54) is 6.42 Å². The Bertz CT molecular complexity index is 433. The van der Waals surface area contributed by atoms with Crippen LogP contribution < -0.4 is 14.8 Å². The molecule has 1 fully saturated rings. The summed E-state index contributed by atoms with van der Waals surface area (Å²) in [5, 5.41) is 3.55. The maximum absolute atomic E-state index is 6.31. The Balaban J connectivity index is 1.97. The Labute approximate surface area is 122 Å². The van der Waals surface area contributed by atoms with Crippen LogP contribution in [0, 0.1) is 0 Å². The van der Waals surface area contributed by atoms with Crippen LogP contribution in [-0.2, 0) is 0 Å². The molecular formula is C17H27NO2. The van der Waals surface area contributed by atoms with E-state index in [9.17, 15) is 0 Å². The summed E-state index contributed by atoms with van der Waals surface area (Å²) in [6.07, 6.45) is 4.57. The SMILES string of the molecule is COc1ccccc1OC1(CCNC(C)(C)C)CCC1. The summed E-state index contributed by atoms with van der Waals surface area (Å²) in [4.78, 5) is 0. The first-order valence-electron chi connectivity index (χ1n) is 7.51. The molecule has 3 nitrogen and oxygen atoms in total. The van der Waals surface area contributed by atoms with Crippen LogP contribution in [0.15, 0.2) is 24.3 Å². The van der Waals surface area contributed by atoms with Crippen molar-refractivity contribution >= 4 is 0 Å². The van der Waals surface area contributed by atoms with E-state index < -0.39 is 0 Å². The monoisotopic (exact) mass is 277 g/mol. The molecule has 1 aromatic carbocycles. The summed E-state index contributed by atoms with van der Waals surface area (Å²) >= 11 is 0. The number of hydrogen-bond donors (Lipinski definition) is 1. The van der Waals surface area contributed by atoms with Crippen molar-refractivity contribution in [2.75, 3.05) is 13.7 Å². The zero-order valence-electron chi connectivity index (χ0n) is 13.2. The van der Waals surface area contributed by atoms with Gasteiger partial charge in [-0.1, -0.05) is 12.1 Å². The fourth-order valence-electron chi connectivity index (χ4n) is 2.58. The Hall–Kier alpha value is -1.22. The molecule has 0 aromatic heterocycles. The molecule has 0 bridgehead atoms. The molecule has 3 heteroatoms. The lowest BCUT2D eigenvalue weighted by Gasteiger charge is -2.42. The lowest BCUT2D eigenvalue weighted by molar-refractivity contribution is -0.0170. The van der Waals surface area contributed by atoms with E-state index in [4.69, 9.17) is 9.47 Å². The van der Waals surface area contributed by atoms with Gasteiger partial charge in [-0.25, -0.2) is 0 Å². The molecule has 0 spiro atoms. The van der Waals surface area contributed by atoms with Gasteiger partial charge in [0.15, 0.2) is 11.5 Å². The van der Waals surface area contributed by atoms with Crippen molar-refractivity contribution in [2.45, 2.75) is 57.6 Å². The molecule has 1 aliphatic carbocycles. The number of rotatable bonds is 6. The van der Waals surface area contributed by atoms with E-state index in [0.717, 1.165) is 37.3 Å². The quantitative estimate of drug-likeness (QED) is 0.858. The number of para-hydroxylation sites is 2. The van der Waals surface area contributed by atoms with Gasteiger partial charge in [0.2, 0.25) is 0 Å². The summed E-state index contributed by atoms with van der Waals surface area (Å²) in [6, 6.07) is 7.92. The number of nitrogens with one attached hydrogen (secondary N) is 1. The van der Waals surface area contributed by atoms with E-state index in [1.54, 1.807) is 7.11 Å². The van der Waals surface area contributed by atoms with Crippen molar-refractivity contribution in [3.63, 3.8) is 0 Å². The minimum Gasteiger partial charge on any atom is -0.493 e. The van der Waals surface area contributed by atoms with E-state index in [1.807, 2.05) is 24.3 Å². The second-order valence-electron chi connectivity index (χ2n) is 6.72. The minimum absolute atomic E-state index is 0.00706. The summed E-state index contributed by atoms with van der Waals surface area (Å²) < 4.78 is 11.7. The van der Waals surface area contributed by atoms with Crippen LogP contribution in [0.4, 0.5) is 0 Å². The van der Waals surface area contributed by atoms with Crippen LogP contribution in [0.5, 0.6) is 11.5 Å². The van der Waals surface area contributed by atoms with Crippen molar-refractivity contribution in [3.05, 3.63) is 24.3 Å². The molecule has 0 radical (unpaired) electrons. The van der Waals surface area contributed by atoms with Crippen LogP contribution in [-0.4, -0.2) is 24.8 Å². The fourth-order valence-corrected chi connectivity index (χ4v) is 2.58. The zero-order valence-corrected chi connectivity index (χ0v) is 13.2. The summed E-state index contributed by atoms with van der Waals surface area (Å²) in [5.74, 6) is 1.69.